The van der Waals surface area contributed by atoms with E-state index in [1.54, 1.807) is 36.4 Å². The molecular formula is C20H17NO4S2. The van der Waals surface area contributed by atoms with Crippen LogP contribution in [-0.4, -0.2) is 19.5 Å². The first-order valence-electron chi connectivity index (χ1n) is 8.08. The van der Waals surface area contributed by atoms with Gasteiger partial charge in [0.15, 0.2) is 0 Å². The van der Waals surface area contributed by atoms with E-state index in [1.165, 1.54) is 17.8 Å². The molecule has 0 fully saturated rings. The van der Waals surface area contributed by atoms with Crippen molar-refractivity contribution in [3.63, 3.8) is 0 Å². The summed E-state index contributed by atoms with van der Waals surface area (Å²) in [4.78, 5) is 13.1. The molecule has 0 unspecified atom stereocenters. The Kier molecular flexibility index (Phi) is 5.83. The fraction of sp³-hybridized carbons (Fsp3) is 0.0500. The molecule has 7 heteroatoms. The van der Waals surface area contributed by atoms with Gasteiger partial charge in [0, 0.05) is 15.5 Å². The molecule has 3 rings (SSSR count). The predicted molar refractivity (Wildman–Crippen MR) is 107 cm³/mol. The minimum absolute atomic E-state index is 0.0452. The van der Waals surface area contributed by atoms with Crippen molar-refractivity contribution in [2.45, 2.75) is 15.5 Å². The molecule has 5 nitrogen and oxygen atoms in total. The molecule has 3 aromatic carbocycles. The molecule has 0 amide bonds. The molecule has 27 heavy (non-hydrogen) atoms. The van der Waals surface area contributed by atoms with Gasteiger partial charge in [0.25, 0.3) is 0 Å². The molecule has 138 valence electrons. The fourth-order valence-corrected chi connectivity index (χ4v) is 4.60. The van der Waals surface area contributed by atoms with Crippen LogP contribution < -0.4 is 4.72 Å². The number of nitrogens with one attached hydrogen (secondary N) is 1. The highest BCUT2D eigenvalue weighted by molar-refractivity contribution is 7.99. The SMILES string of the molecule is O=C(O)c1cc(NS(=O)(=O)Cc2ccccc2)ccc1Sc1ccccc1. The molecule has 3 aromatic rings. The largest absolute Gasteiger partial charge is 0.478 e. The first kappa shape index (κ1) is 19.0. The minimum atomic E-state index is -3.65. The Labute approximate surface area is 162 Å². The lowest BCUT2D eigenvalue weighted by molar-refractivity contribution is 0.0693. The Morgan fingerprint density at radius 3 is 2.19 bits per heavy atom. The summed E-state index contributed by atoms with van der Waals surface area (Å²) in [6, 6.07) is 22.7. The van der Waals surface area contributed by atoms with Crippen molar-refractivity contribution < 1.29 is 18.3 Å². The van der Waals surface area contributed by atoms with Gasteiger partial charge in [-0.3, -0.25) is 4.72 Å². The molecule has 0 atom stereocenters. The number of carbonyl (C=O) groups is 1. The Balaban J connectivity index is 1.82. The number of anilines is 1. The summed E-state index contributed by atoms with van der Waals surface area (Å²) in [7, 11) is -3.65. The van der Waals surface area contributed by atoms with Gasteiger partial charge in [-0.1, -0.05) is 60.3 Å². The number of benzene rings is 3. The van der Waals surface area contributed by atoms with Crippen LogP contribution >= 0.6 is 11.8 Å². The summed E-state index contributed by atoms with van der Waals surface area (Å²) < 4.78 is 27.2. The van der Waals surface area contributed by atoms with Gasteiger partial charge in [-0.05, 0) is 35.9 Å². The molecule has 0 aliphatic heterocycles. The summed E-state index contributed by atoms with van der Waals surface area (Å²) in [6.07, 6.45) is 0. The standard InChI is InChI=1S/C20H17NO4S2/c22-20(23)18-13-16(11-12-19(18)26-17-9-5-2-6-10-17)21-27(24,25)14-15-7-3-1-4-8-15/h1-13,21H,14H2,(H,22,23). The lowest BCUT2D eigenvalue weighted by atomic mass is 10.2. The summed E-state index contributed by atoms with van der Waals surface area (Å²) in [5.41, 5.74) is 0.921. The number of aromatic carboxylic acids is 1. The van der Waals surface area contributed by atoms with Crippen molar-refractivity contribution in [2.24, 2.45) is 0 Å². The molecule has 0 aromatic heterocycles. The lowest BCUT2D eigenvalue weighted by Gasteiger charge is -2.11. The van der Waals surface area contributed by atoms with Crippen molar-refractivity contribution in [1.29, 1.82) is 0 Å². The summed E-state index contributed by atoms with van der Waals surface area (Å²) >= 11 is 1.31. The maximum atomic E-state index is 12.4. The third kappa shape index (κ3) is 5.35. The van der Waals surface area contributed by atoms with Crippen LogP contribution in [-0.2, 0) is 15.8 Å². The van der Waals surface area contributed by atoms with Gasteiger partial charge in [0.1, 0.15) is 0 Å². The van der Waals surface area contributed by atoms with Crippen LogP contribution in [0.25, 0.3) is 0 Å². The molecule has 0 bridgehead atoms. The van der Waals surface area contributed by atoms with E-state index in [-0.39, 0.29) is 17.0 Å². The first-order valence-corrected chi connectivity index (χ1v) is 10.5. The number of hydrogen-bond donors (Lipinski definition) is 2. The molecule has 0 spiro atoms. The van der Waals surface area contributed by atoms with Crippen molar-refractivity contribution >= 4 is 33.4 Å². The molecule has 0 saturated carbocycles. The summed E-state index contributed by atoms with van der Waals surface area (Å²) in [6.45, 7) is 0. The van der Waals surface area contributed by atoms with Crippen LogP contribution in [0.2, 0.25) is 0 Å². The first-order chi connectivity index (χ1) is 12.9. The quantitative estimate of drug-likeness (QED) is 0.612. The van der Waals surface area contributed by atoms with E-state index in [2.05, 4.69) is 4.72 Å². The van der Waals surface area contributed by atoms with Crippen LogP contribution in [0.15, 0.2) is 88.7 Å². The molecule has 0 aliphatic rings. The Bertz CT molecular complexity index is 1040. The second-order valence-electron chi connectivity index (χ2n) is 5.78. The molecule has 0 saturated heterocycles. The van der Waals surface area contributed by atoms with Crippen molar-refractivity contribution in [3.8, 4) is 0 Å². The molecule has 0 aliphatic carbocycles. The fourth-order valence-electron chi connectivity index (χ4n) is 2.47. The van der Waals surface area contributed by atoms with Crippen LogP contribution in [0, 0.1) is 0 Å². The van der Waals surface area contributed by atoms with Gasteiger partial charge in [0.05, 0.1) is 11.3 Å². The zero-order valence-electron chi connectivity index (χ0n) is 14.2. The zero-order valence-corrected chi connectivity index (χ0v) is 15.8. The van der Waals surface area contributed by atoms with Gasteiger partial charge in [-0.2, -0.15) is 0 Å². The van der Waals surface area contributed by atoms with Crippen molar-refractivity contribution in [2.75, 3.05) is 4.72 Å². The number of carboxylic acid groups (broad SMARTS) is 1. The normalized spacial score (nSPS) is 11.1. The monoisotopic (exact) mass is 399 g/mol. The molecule has 2 N–H and O–H groups in total. The number of sulfonamides is 1. The lowest BCUT2D eigenvalue weighted by Crippen LogP contribution is -2.15. The third-order valence-corrected chi connectivity index (χ3v) is 6.00. The third-order valence-electron chi connectivity index (χ3n) is 3.65. The average Bonchev–Trinajstić information content (AvgIpc) is 2.64. The van der Waals surface area contributed by atoms with Gasteiger partial charge in [-0.15, -0.1) is 0 Å². The highest BCUT2D eigenvalue weighted by atomic mass is 32.2. The average molecular weight is 399 g/mol. The van der Waals surface area contributed by atoms with Crippen LogP contribution in [0.1, 0.15) is 15.9 Å². The topological polar surface area (TPSA) is 83.5 Å². The number of carboxylic acids is 1. The maximum Gasteiger partial charge on any atom is 0.336 e. The van der Waals surface area contributed by atoms with E-state index in [0.29, 0.717) is 10.5 Å². The Hall–Kier alpha value is -2.77. The van der Waals surface area contributed by atoms with Crippen LogP contribution in [0.5, 0.6) is 0 Å². The number of rotatable bonds is 7. The van der Waals surface area contributed by atoms with Gasteiger partial charge in [0.2, 0.25) is 10.0 Å². The van der Waals surface area contributed by atoms with Gasteiger partial charge in [-0.25, -0.2) is 13.2 Å². The molecule has 0 heterocycles. The molecule has 0 radical (unpaired) electrons. The number of hydrogen-bond acceptors (Lipinski definition) is 4. The highest BCUT2D eigenvalue weighted by Crippen LogP contribution is 2.32. The second-order valence-corrected chi connectivity index (χ2v) is 8.62. The predicted octanol–water partition coefficient (Wildman–Crippen LogP) is 4.48. The highest BCUT2D eigenvalue weighted by Gasteiger charge is 2.16. The van der Waals surface area contributed by atoms with Crippen LogP contribution in [0.3, 0.4) is 0 Å². The second kappa shape index (κ2) is 8.28. The molecular weight excluding hydrogens is 382 g/mol. The van der Waals surface area contributed by atoms with E-state index >= 15 is 0 Å². The summed E-state index contributed by atoms with van der Waals surface area (Å²) in [5.74, 6) is -1.30. The van der Waals surface area contributed by atoms with E-state index in [9.17, 15) is 18.3 Å². The van der Waals surface area contributed by atoms with Crippen molar-refractivity contribution in [3.05, 3.63) is 90.0 Å². The Morgan fingerprint density at radius 2 is 1.56 bits per heavy atom. The smallest absolute Gasteiger partial charge is 0.336 e. The van der Waals surface area contributed by atoms with E-state index in [0.717, 1.165) is 4.90 Å². The van der Waals surface area contributed by atoms with E-state index in [1.807, 2.05) is 36.4 Å². The van der Waals surface area contributed by atoms with Crippen molar-refractivity contribution in [1.82, 2.24) is 0 Å². The van der Waals surface area contributed by atoms with Crippen LogP contribution in [0.4, 0.5) is 5.69 Å². The minimum Gasteiger partial charge on any atom is -0.478 e. The van der Waals surface area contributed by atoms with E-state index in [4.69, 9.17) is 0 Å². The summed E-state index contributed by atoms with van der Waals surface area (Å²) in [5, 5.41) is 9.51. The van der Waals surface area contributed by atoms with E-state index < -0.39 is 16.0 Å². The maximum absolute atomic E-state index is 12.4. The zero-order chi connectivity index (χ0) is 19.3. The van der Waals surface area contributed by atoms with Gasteiger partial charge < -0.3 is 5.11 Å². The van der Waals surface area contributed by atoms with Gasteiger partial charge >= 0.3 is 5.97 Å². The Morgan fingerprint density at radius 1 is 0.926 bits per heavy atom.